The van der Waals surface area contributed by atoms with Gasteiger partial charge in [-0.05, 0) is 32.0 Å². The van der Waals surface area contributed by atoms with E-state index in [0.717, 1.165) is 38.1 Å². The summed E-state index contributed by atoms with van der Waals surface area (Å²) in [6.07, 6.45) is 4.10. The Balaban J connectivity index is 0.00000120. The number of rotatable bonds is 2. The summed E-state index contributed by atoms with van der Waals surface area (Å²) < 4.78 is 5.56. The van der Waals surface area contributed by atoms with Gasteiger partial charge in [0.05, 0.1) is 6.26 Å². The van der Waals surface area contributed by atoms with Gasteiger partial charge in [-0.3, -0.25) is 4.90 Å². The molecule has 0 amide bonds. The van der Waals surface area contributed by atoms with E-state index >= 15 is 0 Å². The average Bonchev–Trinajstić information content (AvgIpc) is 2.76. The average molecular weight is 267 g/mol. The molecule has 3 rings (SSSR count). The number of halogens is 1. The predicted molar refractivity (Wildman–Crippen MR) is 75.9 cm³/mol. The molecule has 3 nitrogen and oxygen atoms in total. The number of nitrogens with two attached hydrogens (primary N) is 1. The van der Waals surface area contributed by atoms with Crippen molar-refractivity contribution in [2.24, 2.45) is 5.73 Å². The smallest absolute Gasteiger partial charge is 0.134 e. The first-order chi connectivity index (χ1) is 8.33. The Bertz CT molecular complexity index is 503. The van der Waals surface area contributed by atoms with E-state index in [1.807, 2.05) is 18.4 Å². The third-order valence-corrected chi connectivity index (χ3v) is 3.59. The summed E-state index contributed by atoms with van der Waals surface area (Å²) in [5.41, 5.74) is 8.19. The molecule has 1 saturated heterocycles. The van der Waals surface area contributed by atoms with E-state index in [-0.39, 0.29) is 12.4 Å². The summed E-state index contributed by atoms with van der Waals surface area (Å²) >= 11 is 0. The van der Waals surface area contributed by atoms with Crippen molar-refractivity contribution in [2.45, 2.75) is 25.4 Å². The molecule has 4 heteroatoms. The largest absolute Gasteiger partial charge is 0.464 e. The molecule has 1 aromatic heterocycles. The van der Waals surface area contributed by atoms with Crippen LogP contribution in [-0.4, -0.2) is 24.0 Å². The van der Waals surface area contributed by atoms with Gasteiger partial charge >= 0.3 is 0 Å². The number of hydrogen-bond acceptors (Lipinski definition) is 3. The SMILES string of the molecule is Cl.NC1CCN(Cc2coc3ccccc23)CC1. The quantitative estimate of drug-likeness (QED) is 0.909. The molecule has 0 aliphatic carbocycles. The van der Waals surface area contributed by atoms with Crippen LogP contribution in [-0.2, 0) is 6.54 Å². The topological polar surface area (TPSA) is 42.4 Å². The second-order valence-corrected chi connectivity index (χ2v) is 4.87. The molecule has 18 heavy (non-hydrogen) atoms. The van der Waals surface area contributed by atoms with Crippen LogP contribution in [0, 0.1) is 0 Å². The molecule has 1 aliphatic rings. The van der Waals surface area contributed by atoms with Gasteiger partial charge in [0, 0.05) is 23.5 Å². The fraction of sp³-hybridized carbons (Fsp3) is 0.429. The fourth-order valence-corrected chi connectivity index (χ4v) is 2.51. The normalized spacial score (nSPS) is 17.8. The summed E-state index contributed by atoms with van der Waals surface area (Å²) in [6.45, 7) is 3.17. The molecule has 1 fully saturated rings. The van der Waals surface area contributed by atoms with Crippen LogP contribution in [0.5, 0.6) is 0 Å². The number of fused-ring (bicyclic) bond motifs is 1. The van der Waals surface area contributed by atoms with E-state index in [9.17, 15) is 0 Å². The Hall–Kier alpha value is -1.03. The van der Waals surface area contributed by atoms with Crippen molar-refractivity contribution in [3.63, 3.8) is 0 Å². The van der Waals surface area contributed by atoms with Gasteiger partial charge in [-0.2, -0.15) is 0 Å². The zero-order chi connectivity index (χ0) is 11.7. The molecule has 1 aromatic carbocycles. The van der Waals surface area contributed by atoms with Gasteiger partial charge in [-0.1, -0.05) is 18.2 Å². The van der Waals surface area contributed by atoms with Crippen molar-refractivity contribution in [2.75, 3.05) is 13.1 Å². The highest BCUT2D eigenvalue weighted by atomic mass is 35.5. The van der Waals surface area contributed by atoms with E-state index < -0.39 is 0 Å². The third-order valence-electron chi connectivity index (χ3n) is 3.59. The Kier molecular flexibility index (Phi) is 4.27. The van der Waals surface area contributed by atoms with Crippen LogP contribution in [0.25, 0.3) is 11.0 Å². The highest BCUT2D eigenvalue weighted by molar-refractivity contribution is 5.85. The first-order valence-electron chi connectivity index (χ1n) is 6.26. The van der Waals surface area contributed by atoms with Gasteiger partial charge in [0.25, 0.3) is 0 Å². The van der Waals surface area contributed by atoms with E-state index in [4.69, 9.17) is 10.2 Å². The number of furan rings is 1. The van der Waals surface area contributed by atoms with Crippen molar-refractivity contribution in [1.82, 2.24) is 4.90 Å². The number of piperidine rings is 1. The van der Waals surface area contributed by atoms with Crippen molar-refractivity contribution in [3.05, 3.63) is 36.1 Å². The number of likely N-dealkylation sites (tertiary alicyclic amines) is 1. The Labute approximate surface area is 113 Å². The summed E-state index contributed by atoms with van der Waals surface area (Å²) in [6, 6.07) is 8.62. The van der Waals surface area contributed by atoms with E-state index in [1.54, 1.807) is 0 Å². The summed E-state index contributed by atoms with van der Waals surface area (Å²) in [7, 11) is 0. The molecule has 98 valence electrons. The molecule has 0 radical (unpaired) electrons. The summed E-state index contributed by atoms with van der Waals surface area (Å²) in [5.74, 6) is 0. The van der Waals surface area contributed by atoms with Crippen LogP contribution in [0.4, 0.5) is 0 Å². The lowest BCUT2D eigenvalue weighted by atomic mass is 10.1. The molecule has 2 N–H and O–H groups in total. The van der Waals surface area contributed by atoms with Gasteiger partial charge in [0.15, 0.2) is 0 Å². The van der Waals surface area contributed by atoms with Crippen LogP contribution >= 0.6 is 12.4 Å². The molecule has 1 aliphatic heterocycles. The molecular weight excluding hydrogens is 248 g/mol. The third kappa shape index (κ3) is 2.69. The van der Waals surface area contributed by atoms with Gasteiger partial charge in [0.2, 0.25) is 0 Å². The van der Waals surface area contributed by atoms with Gasteiger partial charge < -0.3 is 10.2 Å². The van der Waals surface area contributed by atoms with E-state index in [0.29, 0.717) is 6.04 Å². The van der Waals surface area contributed by atoms with Crippen LogP contribution < -0.4 is 5.73 Å². The molecule has 0 bridgehead atoms. The molecule has 0 unspecified atom stereocenters. The predicted octanol–water partition coefficient (Wildman–Crippen LogP) is 2.78. The molecule has 0 spiro atoms. The second kappa shape index (κ2) is 5.74. The maximum absolute atomic E-state index is 5.92. The van der Waals surface area contributed by atoms with Crippen LogP contribution in [0.3, 0.4) is 0 Å². The molecule has 2 heterocycles. The van der Waals surface area contributed by atoms with Crippen LogP contribution in [0.15, 0.2) is 34.9 Å². The Morgan fingerprint density at radius 2 is 1.94 bits per heavy atom. The molecular formula is C14H19ClN2O. The maximum atomic E-state index is 5.92. The minimum atomic E-state index is 0. The number of benzene rings is 1. The van der Waals surface area contributed by atoms with Gasteiger partial charge in [-0.15, -0.1) is 12.4 Å². The highest BCUT2D eigenvalue weighted by Gasteiger charge is 2.17. The summed E-state index contributed by atoms with van der Waals surface area (Å²) in [4.78, 5) is 2.46. The van der Waals surface area contributed by atoms with Gasteiger partial charge in [0.1, 0.15) is 5.58 Å². The first kappa shape index (κ1) is 13.4. The minimum Gasteiger partial charge on any atom is -0.464 e. The van der Waals surface area contributed by atoms with Crippen molar-refractivity contribution < 1.29 is 4.42 Å². The maximum Gasteiger partial charge on any atom is 0.134 e. The van der Waals surface area contributed by atoms with Crippen LogP contribution in [0.2, 0.25) is 0 Å². The Morgan fingerprint density at radius 3 is 2.72 bits per heavy atom. The lowest BCUT2D eigenvalue weighted by molar-refractivity contribution is 0.206. The number of para-hydroxylation sites is 1. The van der Waals surface area contributed by atoms with Crippen LogP contribution in [0.1, 0.15) is 18.4 Å². The first-order valence-corrected chi connectivity index (χ1v) is 6.26. The minimum absolute atomic E-state index is 0. The highest BCUT2D eigenvalue weighted by Crippen LogP contribution is 2.23. The zero-order valence-electron chi connectivity index (χ0n) is 10.3. The summed E-state index contributed by atoms with van der Waals surface area (Å²) in [5, 5.41) is 1.24. The lowest BCUT2D eigenvalue weighted by Crippen LogP contribution is -2.39. The van der Waals surface area contributed by atoms with Crippen molar-refractivity contribution >= 4 is 23.4 Å². The van der Waals surface area contributed by atoms with E-state index in [2.05, 4.69) is 17.0 Å². The van der Waals surface area contributed by atoms with E-state index in [1.165, 1.54) is 10.9 Å². The standard InChI is InChI=1S/C14H18N2O.ClH/c15-12-5-7-16(8-6-12)9-11-10-17-14-4-2-1-3-13(11)14;/h1-4,10,12H,5-9,15H2;1H. The zero-order valence-corrected chi connectivity index (χ0v) is 11.2. The number of nitrogens with zero attached hydrogens (tertiary/aromatic N) is 1. The Morgan fingerprint density at radius 1 is 1.22 bits per heavy atom. The van der Waals surface area contributed by atoms with Crippen molar-refractivity contribution in [3.8, 4) is 0 Å². The molecule has 2 aromatic rings. The number of hydrogen-bond donors (Lipinski definition) is 1. The fourth-order valence-electron chi connectivity index (χ4n) is 2.51. The molecule has 0 saturated carbocycles. The monoisotopic (exact) mass is 266 g/mol. The lowest BCUT2D eigenvalue weighted by Gasteiger charge is -2.29. The van der Waals surface area contributed by atoms with Gasteiger partial charge in [-0.25, -0.2) is 0 Å². The molecule has 0 atom stereocenters. The van der Waals surface area contributed by atoms with Crippen molar-refractivity contribution in [1.29, 1.82) is 0 Å². The second-order valence-electron chi connectivity index (χ2n) is 4.87.